The maximum Gasteiger partial charge on any atom is 0.147 e. The first-order valence-corrected chi connectivity index (χ1v) is 13.9. The minimum atomic E-state index is -3.09. The second kappa shape index (κ2) is 9.67. The zero-order valence-corrected chi connectivity index (χ0v) is 21.3. The Bertz CT molecular complexity index is 1260. The molecule has 3 aromatic carbocycles. The molecule has 2 atom stereocenters. The van der Waals surface area contributed by atoms with Crippen LogP contribution in [0.25, 0.3) is 0 Å². The Morgan fingerprint density at radius 3 is 1.91 bits per heavy atom. The minimum Gasteiger partial charge on any atom is -0.323 e. The van der Waals surface area contributed by atoms with Crippen LogP contribution in [0.2, 0.25) is 0 Å². The summed E-state index contributed by atoms with van der Waals surface area (Å²) in [5.41, 5.74) is 7.04. The van der Waals surface area contributed by atoms with Crippen molar-refractivity contribution in [3.63, 3.8) is 0 Å². The fraction of sp³-hybridized carbons (Fsp3) is 0.310. The third kappa shape index (κ3) is 5.20. The normalized spacial score (nSPS) is 15.4. The highest BCUT2D eigenvalue weighted by Gasteiger charge is 2.37. The molecule has 3 aromatic rings. The number of fused-ring (bicyclic) bond motifs is 1. The third-order valence-corrected chi connectivity index (χ3v) is 7.66. The van der Waals surface area contributed by atoms with Crippen LogP contribution in [-0.2, 0) is 16.3 Å². The molecule has 34 heavy (non-hydrogen) atoms. The molecule has 1 heterocycles. The molecular weight excluding hydrogens is 440 g/mol. The van der Waals surface area contributed by atoms with Crippen LogP contribution in [-0.4, -0.2) is 26.5 Å². The molecule has 0 saturated carbocycles. The van der Waals surface area contributed by atoms with E-state index in [1.807, 2.05) is 6.07 Å². The van der Waals surface area contributed by atoms with Gasteiger partial charge in [0.2, 0.25) is 0 Å². The maximum atomic E-state index is 12.1. The molecule has 0 amide bonds. The maximum absolute atomic E-state index is 12.1. The molecule has 1 aliphatic heterocycles. The summed E-state index contributed by atoms with van der Waals surface area (Å²) in [6.45, 7) is 10.9. The first kappa shape index (κ1) is 24.1. The van der Waals surface area contributed by atoms with Gasteiger partial charge in [-0.05, 0) is 56.9 Å². The van der Waals surface area contributed by atoms with E-state index in [2.05, 4.69) is 104 Å². The van der Waals surface area contributed by atoms with Crippen LogP contribution in [0.5, 0.6) is 0 Å². The lowest BCUT2D eigenvalue weighted by molar-refractivity contribution is 0.573. The lowest BCUT2D eigenvalue weighted by Gasteiger charge is -2.34. The first-order chi connectivity index (χ1) is 16.1. The highest BCUT2D eigenvalue weighted by Crippen LogP contribution is 2.47. The molecule has 1 aliphatic rings. The minimum absolute atomic E-state index is 0.0266. The summed E-state index contributed by atoms with van der Waals surface area (Å²) in [6.07, 6.45) is 2.59. The molecule has 0 spiro atoms. The number of hydrogen-bond acceptors (Lipinski definition) is 4. The largest absolute Gasteiger partial charge is 0.323 e. The molecule has 178 valence electrons. The van der Waals surface area contributed by atoms with Gasteiger partial charge in [0.05, 0.1) is 23.2 Å². The number of benzene rings is 3. The van der Waals surface area contributed by atoms with Crippen molar-refractivity contribution in [2.75, 3.05) is 21.8 Å². The molecule has 0 N–H and O–H groups in total. The zero-order chi connectivity index (χ0) is 24.5. The number of nitrogens with zero attached hydrogens (tertiary/aromatic N) is 2. The van der Waals surface area contributed by atoms with Crippen molar-refractivity contribution < 1.29 is 8.42 Å². The van der Waals surface area contributed by atoms with Crippen molar-refractivity contribution in [3.8, 4) is 0 Å². The molecule has 5 heteroatoms. The second-order valence-corrected chi connectivity index (χ2v) is 11.8. The topological polar surface area (TPSA) is 40.6 Å². The summed E-state index contributed by atoms with van der Waals surface area (Å²) in [5.74, 6) is 1.03. The van der Waals surface area contributed by atoms with Gasteiger partial charge >= 0.3 is 0 Å². The first-order valence-electron chi connectivity index (χ1n) is 11.8. The number of rotatable bonds is 8. The molecule has 0 fully saturated rings. The monoisotopic (exact) mass is 474 g/mol. The zero-order valence-electron chi connectivity index (χ0n) is 20.5. The number of para-hydroxylation sites is 2. The summed E-state index contributed by atoms with van der Waals surface area (Å²) in [7, 11) is -3.09. The molecule has 4 nitrogen and oxygen atoms in total. The van der Waals surface area contributed by atoms with Crippen molar-refractivity contribution in [2.45, 2.75) is 45.7 Å². The van der Waals surface area contributed by atoms with E-state index in [0.717, 1.165) is 23.6 Å². The van der Waals surface area contributed by atoms with Gasteiger partial charge in [0.15, 0.2) is 0 Å². The summed E-state index contributed by atoms with van der Waals surface area (Å²) >= 11 is 0. The van der Waals surface area contributed by atoms with Gasteiger partial charge in [-0.2, -0.15) is 0 Å². The lowest BCUT2D eigenvalue weighted by Crippen LogP contribution is -2.39. The quantitative estimate of drug-likeness (QED) is 0.389. The average molecular weight is 475 g/mol. The van der Waals surface area contributed by atoms with Crippen LogP contribution < -0.4 is 9.80 Å². The second-order valence-electron chi connectivity index (χ2n) is 9.49. The van der Waals surface area contributed by atoms with Crippen molar-refractivity contribution in [1.82, 2.24) is 0 Å². The van der Waals surface area contributed by atoms with Crippen LogP contribution in [0.1, 0.15) is 41.6 Å². The number of sulfone groups is 1. The molecular formula is C29H34N2O2S. The predicted octanol–water partition coefficient (Wildman–Crippen LogP) is 6.21. The molecule has 0 bridgehead atoms. The molecule has 0 radical (unpaired) electrons. The number of hydrogen-bond donors (Lipinski definition) is 0. The Morgan fingerprint density at radius 2 is 1.35 bits per heavy atom. The van der Waals surface area contributed by atoms with Gasteiger partial charge in [0, 0.05) is 12.3 Å². The van der Waals surface area contributed by atoms with Gasteiger partial charge in [-0.15, -0.1) is 0 Å². The standard InChI is InChI=1S/C29H34N2O2S/c1-21-10-14-25(15-11-21)20-27(18-19-34(5,32)33)31-24(4)30(28-8-6-7-9-29(28)31)23(3)26-16-12-22(2)13-17-26/h6-17,23,27H,4,18-20H2,1-3,5H3/t23?,27-/m1/s1. The molecule has 1 unspecified atom stereocenters. The van der Waals surface area contributed by atoms with E-state index >= 15 is 0 Å². The highest BCUT2D eigenvalue weighted by molar-refractivity contribution is 7.90. The Balaban J connectivity index is 1.72. The predicted molar refractivity (Wildman–Crippen MR) is 143 cm³/mol. The van der Waals surface area contributed by atoms with Crippen LogP contribution in [0.15, 0.2) is 85.2 Å². The third-order valence-electron chi connectivity index (χ3n) is 6.68. The van der Waals surface area contributed by atoms with Crippen molar-refractivity contribution in [3.05, 3.63) is 107 Å². The Labute approximate surface area is 204 Å². The Kier molecular flexibility index (Phi) is 6.85. The van der Waals surface area contributed by atoms with Crippen LogP contribution in [0.4, 0.5) is 11.4 Å². The fourth-order valence-electron chi connectivity index (χ4n) is 4.77. The smallest absolute Gasteiger partial charge is 0.147 e. The average Bonchev–Trinajstić information content (AvgIpc) is 3.09. The molecule has 0 aliphatic carbocycles. The summed E-state index contributed by atoms with van der Waals surface area (Å²) in [6, 6.07) is 25.5. The lowest BCUT2D eigenvalue weighted by atomic mass is 10.0. The Hall–Kier alpha value is -3.05. The van der Waals surface area contributed by atoms with Gasteiger partial charge in [-0.25, -0.2) is 8.42 Å². The van der Waals surface area contributed by atoms with Crippen LogP contribution >= 0.6 is 0 Å². The van der Waals surface area contributed by atoms with Gasteiger partial charge in [-0.1, -0.05) is 78.4 Å². The van der Waals surface area contributed by atoms with Crippen molar-refractivity contribution in [1.29, 1.82) is 0 Å². The highest BCUT2D eigenvalue weighted by atomic mass is 32.2. The van der Waals surface area contributed by atoms with E-state index in [-0.39, 0.29) is 17.8 Å². The van der Waals surface area contributed by atoms with E-state index < -0.39 is 9.84 Å². The molecule has 0 aromatic heterocycles. The number of aryl methyl sites for hydroxylation is 2. The van der Waals surface area contributed by atoms with E-state index in [1.165, 1.54) is 28.5 Å². The van der Waals surface area contributed by atoms with Gasteiger partial charge in [0.1, 0.15) is 15.7 Å². The van der Waals surface area contributed by atoms with Gasteiger partial charge < -0.3 is 9.80 Å². The van der Waals surface area contributed by atoms with E-state index in [0.29, 0.717) is 6.42 Å². The van der Waals surface area contributed by atoms with E-state index in [9.17, 15) is 8.42 Å². The van der Waals surface area contributed by atoms with Crippen LogP contribution in [0, 0.1) is 13.8 Å². The van der Waals surface area contributed by atoms with Crippen molar-refractivity contribution in [2.24, 2.45) is 0 Å². The molecule has 0 saturated heterocycles. The van der Waals surface area contributed by atoms with Gasteiger partial charge in [0.25, 0.3) is 0 Å². The fourth-order valence-corrected chi connectivity index (χ4v) is 5.47. The number of anilines is 2. The van der Waals surface area contributed by atoms with Crippen molar-refractivity contribution >= 4 is 21.2 Å². The summed E-state index contributed by atoms with van der Waals surface area (Å²) in [4.78, 5) is 4.54. The Morgan fingerprint density at radius 1 is 0.824 bits per heavy atom. The summed E-state index contributed by atoms with van der Waals surface area (Å²) < 4.78 is 24.2. The van der Waals surface area contributed by atoms with E-state index in [4.69, 9.17) is 0 Å². The van der Waals surface area contributed by atoms with Gasteiger partial charge in [-0.3, -0.25) is 0 Å². The SMILES string of the molecule is C=C1N(C(C)c2ccc(C)cc2)c2ccccc2N1[C@H](CCS(C)(=O)=O)Cc1ccc(C)cc1. The summed E-state index contributed by atoms with van der Waals surface area (Å²) in [5, 5.41) is 0. The van der Waals surface area contributed by atoms with E-state index in [1.54, 1.807) is 0 Å². The molecule has 4 rings (SSSR count). The van der Waals surface area contributed by atoms with Crippen LogP contribution in [0.3, 0.4) is 0 Å².